The number of aliphatic hydroxyl groups excluding tert-OH is 2. The molecule has 1 aliphatic heterocycles. The number of imidazole rings is 1. The zero-order valence-corrected chi connectivity index (χ0v) is 12.8. The van der Waals surface area contributed by atoms with Crippen LogP contribution in [0, 0.1) is 0 Å². The monoisotopic (exact) mass is 360 g/mol. The second kappa shape index (κ2) is 4.79. The van der Waals surface area contributed by atoms with E-state index in [1.807, 2.05) is 0 Å². The maximum atomic E-state index is 11.8. The number of aromatic nitrogens is 4. The van der Waals surface area contributed by atoms with E-state index in [9.17, 15) is 15.0 Å². The van der Waals surface area contributed by atoms with Crippen LogP contribution in [-0.2, 0) is 4.74 Å². The fraction of sp³-hybridized carbons (Fsp3) is 0.545. The Morgan fingerprint density at radius 2 is 2.38 bits per heavy atom. The van der Waals surface area contributed by atoms with E-state index in [4.69, 9.17) is 10.5 Å². The molecular formula is C11H14N5O4Se. The summed E-state index contributed by atoms with van der Waals surface area (Å²) in [6.45, 7) is 1.43. The molecule has 0 aromatic carbocycles. The molecule has 0 amide bonds. The van der Waals surface area contributed by atoms with Gasteiger partial charge in [-0.2, -0.15) is 0 Å². The van der Waals surface area contributed by atoms with Crippen LogP contribution < -0.4 is 11.3 Å². The van der Waals surface area contributed by atoms with Crippen LogP contribution in [0.25, 0.3) is 11.2 Å². The Morgan fingerprint density at radius 3 is 3.00 bits per heavy atom. The molecule has 2 aromatic heterocycles. The molecule has 2 aromatic rings. The molecule has 10 heteroatoms. The van der Waals surface area contributed by atoms with Gasteiger partial charge in [0, 0.05) is 0 Å². The van der Waals surface area contributed by atoms with Crippen LogP contribution in [0.5, 0.6) is 0 Å². The maximum absolute atomic E-state index is 11.8. The fourth-order valence-electron chi connectivity index (χ4n) is 2.49. The van der Waals surface area contributed by atoms with E-state index in [1.165, 1.54) is 10.9 Å². The summed E-state index contributed by atoms with van der Waals surface area (Å²) in [6.07, 6.45) is -0.926. The topological polar surface area (TPSA) is 139 Å². The minimum atomic E-state index is -0.913. The molecule has 1 aliphatic rings. The Kier molecular flexibility index (Phi) is 3.30. The number of aromatic amines is 1. The van der Waals surface area contributed by atoms with Crippen LogP contribution in [0.3, 0.4) is 0 Å². The van der Waals surface area contributed by atoms with Crippen LogP contribution in [0.1, 0.15) is 13.2 Å². The van der Waals surface area contributed by atoms with E-state index in [0.29, 0.717) is 0 Å². The molecule has 0 saturated carbocycles. The molecule has 5 N–H and O–H groups in total. The summed E-state index contributed by atoms with van der Waals surface area (Å²) >= 11 is 2.88. The van der Waals surface area contributed by atoms with Crippen molar-refractivity contribution >= 4 is 33.1 Å². The molecule has 113 valence electrons. The van der Waals surface area contributed by atoms with Crippen LogP contribution >= 0.6 is 0 Å². The average molecular weight is 359 g/mol. The molecule has 3 rings (SSSR count). The van der Waals surface area contributed by atoms with Crippen molar-refractivity contribution in [3.63, 3.8) is 0 Å². The Labute approximate surface area is 127 Å². The first-order chi connectivity index (χ1) is 9.86. The van der Waals surface area contributed by atoms with E-state index in [1.54, 1.807) is 6.92 Å². The van der Waals surface area contributed by atoms with Gasteiger partial charge in [-0.3, -0.25) is 0 Å². The number of rotatable bonds is 2. The minimum absolute atomic E-state index is 0.0340. The molecule has 0 aliphatic carbocycles. The standard InChI is InChI=1S/C11H14N5O4Se/c1-11(21)6(18)4(2-17)20-9(11)16-3-13-5-7(16)14-10(12)15-8(5)19/h3-4,6,9,17-18H,2H2,1H3,(H3,12,14,15,19)/t4-,6-,9-,11-/m1/s1. The van der Waals surface area contributed by atoms with Gasteiger partial charge in [-0.15, -0.1) is 0 Å². The molecule has 0 bridgehead atoms. The Balaban J connectivity index is 2.15. The third-order valence-corrected chi connectivity index (χ3v) is 4.55. The van der Waals surface area contributed by atoms with Crippen molar-refractivity contribution in [2.75, 3.05) is 12.3 Å². The summed E-state index contributed by atoms with van der Waals surface area (Å²) in [5, 5.41) is 19.5. The number of nitrogens with two attached hydrogens (primary N) is 1. The van der Waals surface area contributed by atoms with Crippen molar-refractivity contribution in [3.05, 3.63) is 16.7 Å². The van der Waals surface area contributed by atoms with E-state index >= 15 is 0 Å². The number of hydrogen-bond acceptors (Lipinski definition) is 7. The molecule has 3 heterocycles. The van der Waals surface area contributed by atoms with Crippen molar-refractivity contribution in [2.45, 2.75) is 29.7 Å². The van der Waals surface area contributed by atoms with Gasteiger partial charge in [-0.1, -0.05) is 0 Å². The Morgan fingerprint density at radius 1 is 1.67 bits per heavy atom. The molecule has 9 nitrogen and oxygen atoms in total. The van der Waals surface area contributed by atoms with Gasteiger partial charge in [-0.05, 0) is 0 Å². The molecule has 0 spiro atoms. The summed E-state index contributed by atoms with van der Waals surface area (Å²) in [5.41, 5.74) is 5.49. The summed E-state index contributed by atoms with van der Waals surface area (Å²) in [4.78, 5) is 22.2. The number of nitrogens with one attached hydrogen (secondary N) is 1. The molecule has 0 unspecified atom stereocenters. The molecular weight excluding hydrogens is 345 g/mol. The zero-order valence-electron chi connectivity index (χ0n) is 11.1. The van der Waals surface area contributed by atoms with Crippen molar-refractivity contribution in [1.82, 2.24) is 19.5 Å². The summed E-state index contributed by atoms with van der Waals surface area (Å²) in [5.74, 6) is -0.0340. The second-order valence-electron chi connectivity index (χ2n) is 5.11. The molecule has 1 fully saturated rings. The average Bonchev–Trinajstić information content (AvgIpc) is 2.91. The van der Waals surface area contributed by atoms with Crippen LogP contribution in [0.15, 0.2) is 11.1 Å². The number of hydrogen-bond donors (Lipinski definition) is 4. The summed E-state index contributed by atoms with van der Waals surface area (Å²) < 4.78 is 6.37. The predicted molar refractivity (Wildman–Crippen MR) is 73.7 cm³/mol. The van der Waals surface area contributed by atoms with Gasteiger partial charge in [0.2, 0.25) is 0 Å². The van der Waals surface area contributed by atoms with E-state index in [-0.39, 0.29) is 23.7 Å². The van der Waals surface area contributed by atoms with Gasteiger partial charge in [-0.25, -0.2) is 0 Å². The first kappa shape index (κ1) is 14.5. The first-order valence-corrected chi connectivity index (χ1v) is 7.09. The number of ether oxygens (including phenoxy) is 1. The molecule has 1 radical (unpaired) electrons. The Hall–Kier alpha value is -1.45. The van der Waals surface area contributed by atoms with Gasteiger partial charge < -0.3 is 0 Å². The molecule has 1 saturated heterocycles. The van der Waals surface area contributed by atoms with Gasteiger partial charge >= 0.3 is 126 Å². The normalized spacial score (nSPS) is 32.9. The van der Waals surface area contributed by atoms with E-state index < -0.39 is 28.3 Å². The van der Waals surface area contributed by atoms with Crippen LogP contribution in [0.4, 0.5) is 5.95 Å². The van der Waals surface area contributed by atoms with Crippen LogP contribution in [0.2, 0.25) is 4.31 Å². The Bertz CT molecular complexity index is 742. The van der Waals surface area contributed by atoms with Gasteiger partial charge in [0.05, 0.1) is 0 Å². The van der Waals surface area contributed by atoms with Gasteiger partial charge in [0.25, 0.3) is 0 Å². The molecule has 4 atom stereocenters. The fourth-order valence-corrected chi connectivity index (χ4v) is 3.16. The zero-order chi connectivity index (χ0) is 15.4. The van der Waals surface area contributed by atoms with Crippen molar-refractivity contribution in [2.24, 2.45) is 0 Å². The van der Waals surface area contributed by atoms with Gasteiger partial charge in [0.1, 0.15) is 0 Å². The van der Waals surface area contributed by atoms with Gasteiger partial charge in [0.15, 0.2) is 0 Å². The number of nitrogen functional groups attached to an aromatic ring is 1. The quantitative estimate of drug-likeness (QED) is 0.469. The summed E-state index contributed by atoms with van der Waals surface area (Å²) in [6, 6.07) is 0. The van der Waals surface area contributed by atoms with E-state index in [2.05, 4.69) is 31.0 Å². The SMILES string of the molecule is C[C@@]1([Se])[C@H](O)[C@@H](CO)O[C@H]1n1cnc2c(=O)[nH]c(N)nc21. The number of nitrogens with zero attached hydrogens (tertiary/aromatic N) is 3. The number of anilines is 1. The number of aliphatic hydroxyl groups is 2. The van der Waals surface area contributed by atoms with E-state index in [0.717, 1.165) is 0 Å². The third kappa shape index (κ3) is 2.07. The van der Waals surface area contributed by atoms with Crippen molar-refractivity contribution in [1.29, 1.82) is 0 Å². The van der Waals surface area contributed by atoms with Crippen molar-refractivity contribution in [3.8, 4) is 0 Å². The van der Waals surface area contributed by atoms with Crippen LogP contribution in [-0.4, -0.2) is 64.6 Å². The summed E-state index contributed by atoms with van der Waals surface area (Å²) in [7, 11) is 0. The predicted octanol–water partition coefficient (Wildman–Crippen LogP) is -1.70. The third-order valence-electron chi connectivity index (χ3n) is 3.62. The second-order valence-corrected chi connectivity index (χ2v) is 6.96. The number of H-pyrrole nitrogens is 1. The first-order valence-electron chi connectivity index (χ1n) is 6.23. The van der Waals surface area contributed by atoms with Crippen molar-refractivity contribution < 1.29 is 14.9 Å². The molecule has 21 heavy (non-hydrogen) atoms. The number of fused-ring (bicyclic) bond motifs is 1.